The number of hydrogen-bond acceptors (Lipinski definition) is 3. The fraction of sp³-hybridized carbons (Fsp3) is 0.200. The van der Waals surface area contributed by atoms with Gasteiger partial charge in [0.1, 0.15) is 0 Å². The third kappa shape index (κ3) is 2.29. The number of nitrogens with one attached hydrogen (secondary N) is 1. The summed E-state index contributed by atoms with van der Waals surface area (Å²) in [5.41, 5.74) is -0.672. The van der Waals surface area contributed by atoms with Crippen molar-refractivity contribution in [1.29, 1.82) is 0 Å². The first kappa shape index (κ1) is 13.8. The van der Waals surface area contributed by atoms with Gasteiger partial charge in [0.15, 0.2) is 0 Å². The molecule has 0 atom stereocenters. The van der Waals surface area contributed by atoms with Crippen LogP contribution < -0.4 is 5.32 Å². The monoisotopic (exact) mass is 297 g/mol. The van der Waals surface area contributed by atoms with Crippen LogP contribution in [0.25, 0.3) is 0 Å². The molecule has 0 aromatic heterocycles. The number of carbonyl (C=O) groups is 2. The highest BCUT2D eigenvalue weighted by Gasteiger charge is 2.59. The van der Waals surface area contributed by atoms with Crippen molar-refractivity contribution in [3.05, 3.63) is 29.3 Å². The van der Waals surface area contributed by atoms with Crippen molar-refractivity contribution in [2.45, 2.75) is 16.3 Å². The Morgan fingerprint density at radius 2 is 1.63 bits per heavy atom. The SMILES string of the molecule is O=C1NC(=O)c2c(SC(F)(F)C(F)(F)F)cccc21. The molecule has 0 radical (unpaired) electrons. The molecular formula is C10H4F5NO2S. The molecule has 0 unspecified atom stereocenters. The molecule has 3 nitrogen and oxygen atoms in total. The first-order valence-electron chi connectivity index (χ1n) is 4.76. The Bertz CT molecular complexity index is 570. The van der Waals surface area contributed by atoms with E-state index in [1.54, 1.807) is 0 Å². The van der Waals surface area contributed by atoms with Crippen molar-refractivity contribution < 1.29 is 31.5 Å². The van der Waals surface area contributed by atoms with Gasteiger partial charge in [0, 0.05) is 4.90 Å². The van der Waals surface area contributed by atoms with Crippen molar-refractivity contribution in [2.75, 3.05) is 0 Å². The molecule has 19 heavy (non-hydrogen) atoms. The van der Waals surface area contributed by atoms with Crippen LogP contribution in [0.3, 0.4) is 0 Å². The number of hydrogen-bond donors (Lipinski definition) is 1. The Morgan fingerprint density at radius 3 is 2.21 bits per heavy atom. The smallest absolute Gasteiger partial charge is 0.288 e. The maximum atomic E-state index is 12.9. The van der Waals surface area contributed by atoms with Gasteiger partial charge in [-0.3, -0.25) is 14.9 Å². The maximum absolute atomic E-state index is 12.9. The van der Waals surface area contributed by atoms with E-state index < -0.39 is 45.5 Å². The average molecular weight is 297 g/mol. The minimum atomic E-state index is -5.75. The zero-order chi connectivity index (χ0) is 14.4. The average Bonchev–Trinajstić information content (AvgIpc) is 2.53. The lowest BCUT2D eigenvalue weighted by Crippen LogP contribution is -2.32. The summed E-state index contributed by atoms with van der Waals surface area (Å²) < 4.78 is 62.2. The number of thioether (sulfide) groups is 1. The number of fused-ring (bicyclic) bond motifs is 1. The summed E-state index contributed by atoms with van der Waals surface area (Å²) in [5.74, 6) is -1.81. The summed E-state index contributed by atoms with van der Waals surface area (Å²) in [6.07, 6.45) is -5.75. The van der Waals surface area contributed by atoms with Gasteiger partial charge in [-0.05, 0) is 23.9 Å². The van der Waals surface area contributed by atoms with Crippen molar-refractivity contribution in [3.8, 4) is 0 Å². The van der Waals surface area contributed by atoms with Crippen molar-refractivity contribution >= 4 is 23.6 Å². The van der Waals surface area contributed by atoms with Crippen LogP contribution in [0.2, 0.25) is 0 Å². The predicted molar refractivity (Wildman–Crippen MR) is 55.1 cm³/mol. The molecule has 0 saturated heterocycles. The standard InChI is InChI=1S/C10H4F5NO2S/c11-9(12,13)10(14,15)19-5-3-1-2-4-6(5)8(18)16-7(4)17/h1-3H,(H,16,17,18). The van der Waals surface area contributed by atoms with Crippen LogP contribution in [0, 0.1) is 0 Å². The molecule has 1 aliphatic heterocycles. The van der Waals surface area contributed by atoms with E-state index in [4.69, 9.17) is 0 Å². The highest BCUT2D eigenvalue weighted by Crippen LogP contribution is 2.48. The summed E-state index contributed by atoms with van der Waals surface area (Å²) >= 11 is -0.807. The second kappa shape index (κ2) is 4.19. The van der Waals surface area contributed by atoms with Crippen LogP contribution in [0.15, 0.2) is 23.1 Å². The quantitative estimate of drug-likeness (QED) is 0.519. The summed E-state index contributed by atoms with van der Waals surface area (Å²) in [5, 5.41) is -3.22. The van der Waals surface area contributed by atoms with E-state index in [0.29, 0.717) is 0 Å². The van der Waals surface area contributed by atoms with E-state index in [1.807, 2.05) is 5.32 Å². The van der Waals surface area contributed by atoms with Crippen LogP contribution in [-0.4, -0.2) is 23.2 Å². The highest BCUT2D eigenvalue weighted by molar-refractivity contribution is 8.00. The molecule has 0 fully saturated rings. The second-order valence-electron chi connectivity index (χ2n) is 3.58. The Morgan fingerprint density at radius 1 is 1.00 bits per heavy atom. The molecule has 1 aromatic carbocycles. The van der Waals surface area contributed by atoms with Crippen LogP contribution in [-0.2, 0) is 0 Å². The van der Waals surface area contributed by atoms with Crippen LogP contribution in [0.1, 0.15) is 20.7 Å². The molecule has 102 valence electrons. The van der Waals surface area contributed by atoms with E-state index in [0.717, 1.165) is 12.1 Å². The summed E-state index contributed by atoms with van der Waals surface area (Å²) in [7, 11) is 0. The Balaban J connectivity index is 2.44. The van der Waals surface area contributed by atoms with E-state index in [1.165, 1.54) is 6.07 Å². The van der Waals surface area contributed by atoms with Gasteiger partial charge in [0.2, 0.25) is 0 Å². The first-order valence-corrected chi connectivity index (χ1v) is 5.57. The Labute approximate surface area is 107 Å². The van der Waals surface area contributed by atoms with Gasteiger partial charge in [-0.1, -0.05) is 6.07 Å². The summed E-state index contributed by atoms with van der Waals surface area (Å²) in [6.45, 7) is 0. The fourth-order valence-corrected chi connectivity index (χ4v) is 2.31. The third-order valence-corrected chi connectivity index (χ3v) is 3.34. The first-order chi connectivity index (χ1) is 8.63. The minimum absolute atomic E-state index is 0.215. The molecule has 2 rings (SSSR count). The number of rotatable bonds is 2. The number of carbonyl (C=O) groups excluding carboxylic acids is 2. The van der Waals surface area contributed by atoms with Gasteiger partial charge in [-0.2, -0.15) is 22.0 Å². The van der Waals surface area contributed by atoms with Crippen LogP contribution in [0.4, 0.5) is 22.0 Å². The zero-order valence-electron chi connectivity index (χ0n) is 8.85. The van der Waals surface area contributed by atoms with Gasteiger partial charge in [-0.25, -0.2) is 0 Å². The number of imide groups is 1. The van der Waals surface area contributed by atoms with E-state index in [2.05, 4.69) is 0 Å². The van der Waals surface area contributed by atoms with Gasteiger partial charge in [-0.15, -0.1) is 0 Å². The normalized spacial score (nSPS) is 15.4. The number of halogens is 5. The van der Waals surface area contributed by atoms with Crippen molar-refractivity contribution in [2.24, 2.45) is 0 Å². The van der Waals surface area contributed by atoms with Gasteiger partial charge in [0.25, 0.3) is 11.8 Å². The number of amides is 2. The Hall–Kier alpha value is -1.64. The molecule has 2 amide bonds. The van der Waals surface area contributed by atoms with E-state index in [9.17, 15) is 31.5 Å². The second-order valence-corrected chi connectivity index (χ2v) is 4.74. The molecule has 0 saturated carbocycles. The third-order valence-electron chi connectivity index (χ3n) is 2.29. The minimum Gasteiger partial charge on any atom is -0.288 e. The summed E-state index contributed by atoms with van der Waals surface area (Å²) in [6, 6.07) is 3.23. The molecular weight excluding hydrogens is 293 g/mol. The Kier molecular flexibility index (Phi) is 3.04. The lowest BCUT2D eigenvalue weighted by Gasteiger charge is -2.19. The molecule has 0 aliphatic carbocycles. The largest absolute Gasteiger partial charge is 0.464 e. The molecule has 1 heterocycles. The van der Waals surface area contributed by atoms with E-state index in [-0.39, 0.29) is 5.56 Å². The number of alkyl halides is 5. The molecule has 0 bridgehead atoms. The number of benzene rings is 1. The van der Waals surface area contributed by atoms with Gasteiger partial charge >= 0.3 is 11.4 Å². The lowest BCUT2D eigenvalue weighted by molar-refractivity contribution is -0.237. The predicted octanol–water partition coefficient (Wildman–Crippen LogP) is 2.82. The van der Waals surface area contributed by atoms with Crippen molar-refractivity contribution in [1.82, 2.24) is 5.32 Å². The topological polar surface area (TPSA) is 46.2 Å². The maximum Gasteiger partial charge on any atom is 0.464 e. The highest BCUT2D eigenvalue weighted by atomic mass is 32.2. The molecule has 0 spiro atoms. The molecule has 1 aromatic rings. The summed E-state index contributed by atoms with van der Waals surface area (Å²) in [4.78, 5) is 22.0. The zero-order valence-corrected chi connectivity index (χ0v) is 9.66. The van der Waals surface area contributed by atoms with Gasteiger partial charge in [0.05, 0.1) is 11.1 Å². The molecule has 9 heteroatoms. The van der Waals surface area contributed by atoms with Crippen LogP contribution in [0.5, 0.6) is 0 Å². The van der Waals surface area contributed by atoms with E-state index >= 15 is 0 Å². The van der Waals surface area contributed by atoms with Gasteiger partial charge < -0.3 is 0 Å². The lowest BCUT2D eigenvalue weighted by atomic mass is 10.1. The fourth-order valence-electron chi connectivity index (χ4n) is 1.47. The molecule has 1 aliphatic rings. The van der Waals surface area contributed by atoms with Crippen LogP contribution >= 0.6 is 11.8 Å². The molecule has 1 N–H and O–H groups in total. The van der Waals surface area contributed by atoms with Crippen molar-refractivity contribution in [3.63, 3.8) is 0 Å².